The van der Waals surface area contributed by atoms with Crippen molar-refractivity contribution in [2.24, 2.45) is 0 Å². The van der Waals surface area contributed by atoms with Gasteiger partial charge in [0.1, 0.15) is 6.04 Å². The highest BCUT2D eigenvalue weighted by Gasteiger charge is 2.16. The third-order valence-corrected chi connectivity index (χ3v) is 1.74. The van der Waals surface area contributed by atoms with Crippen LogP contribution in [0.2, 0.25) is 0 Å². The summed E-state index contributed by atoms with van der Waals surface area (Å²) < 4.78 is 9.55. The molecule has 78 valence electrons. The molecule has 1 atom stereocenters. The number of methoxy groups -OCH3 is 2. The first kappa shape index (κ1) is 12.4. The summed E-state index contributed by atoms with van der Waals surface area (Å²) in [6.07, 6.45) is 1.66. The Bertz CT molecular complexity index is 131. The van der Waals surface area contributed by atoms with Crippen molar-refractivity contribution >= 4 is 5.97 Å². The first-order valence-corrected chi connectivity index (χ1v) is 4.56. The monoisotopic (exact) mass is 189 g/mol. The predicted octanol–water partition coefficient (Wildman–Crippen LogP) is 0.564. The summed E-state index contributed by atoms with van der Waals surface area (Å²) in [5, 5.41) is 3.10. The third kappa shape index (κ3) is 5.60. The van der Waals surface area contributed by atoms with Gasteiger partial charge in [0, 0.05) is 13.7 Å². The molecule has 0 aliphatic carbocycles. The highest BCUT2D eigenvalue weighted by atomic mass is 16.5. The number of hydrogen-bond donors (Lipinski definition) is 1. The molecule has 0 aliphatic heterocycles. The van der Waals surface area contributed by atoms with Crippen LogP contribution in [0.3, 0.4) is 0 Å². The maximum absolute atomic E-state index is 11.2. The molecule has 0 saturated heterocycles. The topological polar surface area (TPSA) is 47.6 Å². The molecule has 0 aliphatic rings. The van der Waals surface area contributed by atoms with Crippen molar-refractivity contribution in [2.45, 2.75) is 25.8 Å². The Kier molecular flexibility index (Phi) is 7.63. The van der Waals surface area contributed by atoms with Gasteiger partial charge in [-0.25, -0.2) is 0 Å². The molecule has 4 heteroatoms. The molecule has 0 amide bonds. The fourth-order valence-electron chi connectivity index (χ4n) is 1.000. The van der Waals surface area contributed by atoms with Crippen LogP contribution < -0.4 is 5.32 Å². The van der Waals surface area contributed by atoms with Crippen LogP contribution in [0.5, 0.6) is 0 Å². The third-order valence-electron chi connectivity index (χ3n) is 1.74. The summed E-state index contributed by atoms with van der Waals surface area (Å²) >= 11 is 0. The summed E-state index contributed by atoms with van der Waals surface area (Å²) in [5.41, 5.74) is 0. The minimum atomic E-state index is -0.232. The molecule has 0 aromatic carbocycles. The molecule has 0 saturated carbocycles. The molecule has 0 bridgehead atoms. The molecule has 1 unspecified atom stereocenters. The van der Waals surface area contributed by atoms with E-state index in [1.807, 2.05) is 0 Å². The first-order valence-electron chi connectivity index (χ1n) is 4.56. The zero-order chi connectivity index (χ0) is 10.1. The van der Waals surface area contributed by atoms with Gasteiger partial charge in [-0.2, -0.15) is 0 Å². The lowest BCUT2D eigenvalue weighted by Gasteiger charge is -2.15. The molecule has 0 heterocycles. The van der Waals surface area contributed by atoms with Crippen LogP contribution in [0.15, 0.2) is 0 Å². The van der Waals surface area contributed by atoms with Gasteiger partial charge >= 0.3 is 5.97 Å². The normalized spacial score (nSPS) is 12.5. The van der Waals surface area contributed by atoms with Crippen LogP contribution >= 0.6 is 0 Å². The number of ether oxygens (including phenoxy) is 2. The summed E-state index contributed by atoms with van der Waals surface area (Å²) in [6, 6.07) is -0.232. The van der Waals surface area contributed by atoms with Crippen LogP contribution in [0.4, 0.5) is 0 Å². The van der Waals surface area contributed by atoms with Crippen LogP contribution in [0.1, 0.15) is 19.8 Å². The standard InChI is InChI=1S/C9H19NO3/c1-4-6-10-8(5-7-12-2)9(11)13-3/h8,10H,4-7H2,1-3H3. The van der Waals surface area contributed by atoms with Gasteiger partial charge in [0.2, 0.25) is 0 Å². The van der Waals surface area contributed by atoms with Crippen molar-refractivity contribution in [1.82, 2.24) is 5.32 Å². The zero-order valence-corrected chi connectivity index (χ0v) is 8.63. The SMILES string of the molecule is CCCNC(CCOC)C(=O)OC. The van der Waals surface area contributed by atoms with Crippen molar-refractivity contribution in [1.29, 1.82) is 0 Å². The molecular weight excluding hydrogens is 170 g/mol. The Morgan fingerprint density at radius 2 is 2.15 bits per heavy atom. The van der Waals surface area contributed by atoms with Crippen LogP contribution in [0, 0.1) is 0 Å². The molecular formula is C9H19NO3. The van der Waals surface area contributed by atoms with Crippen LogP contribution in [-0.2, 0) is 14.3 Å². The molecule has 0 rings (SSSR count). The number of hydrogen-bond acceptors (Lipinski definition) is 4. The number of esters is 1. The number of nitrogens with one attached hydrogen (secondary N) is 1. The Balaban J connectivity index is 3.79. The van der Waals surface area contributed by atoms with Crippen LogP contribution in [0.25, 0.3) is 0 Å². The van der Waals surface area contributed by atoms with Crippen molar-refractivity contribution in [3.8, 4) is 0 Å². The lowest BCUT2D eigenvalue weighted by atomic mass is 10.2. The van der Waals surface area contributed by atoms with Gasteiger partial charge in [0.15, 0.2) is 0 Å². The second-order valence-corrected chi connectivity index (χ2v) is 2.81. The Labute approximate surface area is 79.6 Å². The van der Waals surface area contributed by atoms with Crippen molar-refractivity contribution in [3.63, 3.8) is 0 Å². The Morgan fingerprint density at radius 3 is 2.62 bits per heavy atom. The molecule has 0 radical (unpaired) electrons. The molecule has 0 aromatic rings. The highest BCUT2D eigenvalue weighted by molar-refractivity contribution is 5.75. The maximum Gasteiger partial charge on any atom is 0.322 e. The lowest BCUT2D eigenvalue weighted by molar-refractivity contribution is -0.143. The predicted molar refractivity (Wildman–Crippen MR) is 50.6 cm³/mol. The van der Waals surface area contributed by atoms with E-state index in [-0.39, 0.29) is 12.0 Å². The van der Waals surface area contributed by atoms with E-state index in [1.165, 1.54) is 7.11 Å². The highest BCUT2D eigenvalue weighted by Crippen LogP contribution is 1.95. The van der Waals surface area contributed by atoms with Gasteiger partial charge in [-0.3, -0.25) is 4.79 Å². The smallest absolute Gasteiger partial charge is 0.322 e. The molecule has 0 spiro atoms. The summed E-state index contributed by atoms with van der Waals surface area (Å²) in [4.78, 5) is 11.2. The summed E-state index contributed by atoms with van der Waals surface area (Å²) in [6.45, 7) is 3.44. The summed E-state index contributed by atoms with van der Waals surface area (Å²) in [5.74, 6) is -0.217. The molecule has 0 aromatic heterocycles. The fraction of sp³-hybridized carbons (Fsp3) is 0.889. The molecule has 1 N–H and O–H groups in total. The van der Waals surface area contributed by atoms with Crippen molar-refractivity contribution in [2.75, 3.05) is 27.4 Å². The lowest BCUT2D eigenvalue weighted by Crippen LogP contribution is -2.38. The fourth-order valence-corrected chi connectivity index (χ4v) is 1.000. The zero-order valence-electron chi connectivity index (χ0n) is 8.63. The molecule has 0 fully saturated rings. The van der Waals surface area contributed by atoms with Gasteiger partial charge in [0.05, 0.1) is 7.11 Å². The minimum Gasteiger partial charge on any atom is -0.468 e. The van der Waals surface area contributed by atoms with E-state index in [0.717, 1.165) is 13.0 Å². The van der Waals surface area contributed by atoms with E-state index in [0.29, 0.717) is 13.0 Å². The van der Waals surface area contributed by atoms with E-state index in [1.54, 1.807) is 7.11 Å². The van der Waals surface area contributed by atoms with E-state index in [9.17, 15) is 4.79 Å². The van der Waals surface area contributed by atoms with Gasteiger partial charge in [-0.05, 0) is 19.4 Å². The molecule has 4 nitrogen and oxygen atoms in total. The molecule has 13 heavy (non-hydrogen) atoms. The quantitative estimate of drug-likeness (QED) is 0.595. The van der Waals surface area contributed by atoms with Gasteiger partial charge in [-0.15, -0.1) is 0 Å². The first-order chi connectivity index (χ1) is 6.26. The van der Waals surface area contributed by atoms with Gasteiger partial charge in [-0.1, -0.05) is 6.92 Å². The summed E-state index contributed by atoms with van der Waals surface area (Å²) in [7, 11) is 3.02. The van der Waals surface area contributed by atoms with E-state index < -0.39 is 0 Å². The number of rotatable bonds is 7. The second kappa shape index (κ2) is 8.01. The largest absolute Gasteiger partial charge is 0.468 e. The van der Waals surface area contributed by atoms with Crippen LogP contribution in [-0.4, -0.2) is 39.4 Å². The minimum absolute atomic E-state index is 0.217. The Morgan fingerprint density at radius 1 is 1.46 bits per heavy atom. The van der Waals surface area contributed by atoms with Gasteiger partial charge < -0.3 is 14.8 Å². The average molecular weight is 189 g/mol. The Hall–Kier alpha value is -0.610. The van der Waals surface area contributed by atoms with Crippen molar-refractivity contribution in [3.05, 3.63) is 0 Å². The van der Waals surface area contributed by atoms with E-state index in [2.05, 4.69) is 17.0 Å². The number of carbonyl (C=O) groups is 1. The van der Waals surface area contributed by atoms with E-state index in [4.69, 9.17) is 4.74 Å². The maximum atomic E-state index is 11.2. The van der Waals surface area contributed by atoms with E-state index >= 15 is 0 Å². The second-order valence-electron chi connectivity index (χ2n) is 2.81. The van der Waals surface area contributed by atoms with Crippen molar-refractivity contribution < 1.29 is 14.3 Å². The number of carbonyl (C=O) groups excluding carboxylic acids is 1. The average Bonchev–Trinajstić information content (AvgIpc) is 2.17. The van der Waals surface area contributed by atoms with Gasteiger partial charge in [0.25, 0.3) is 0 Å².